The quantitative estimate of drug-likeness (QED) is 0.169. The highest BCUT2D eigenvalue weighted by Gasteiger charge is 2.16. The fourth-order valence-corrected chi connectivity index (χ4v) is 3.90. The van der Waals surface area contributed by atoms with E-state index in [0.717, 1.165) is 54.1 Å². The monoisotopic (exact) mass is 600 g/mol. The Hall–Kier alpha value is -3.72. The Balaban J connectivity index is 0. The maximum Gasteiger partial charge on any atom is 0.243 e. The molecule has 0 aromatic heterocycles. The number of carbonyl (C=O) groups is 3. The van der Waals surface area contributed by atoms with Crippen molar-refractivity contribution in [3.8, 4) is 0 Å². The molecule has 0 unspecified atom stereocenters. The lowest BCUT2D eigenvalue weighted by Gasteiger charge is -2.30. The summed E-state index contributed by atoms with van der Waals surface area (Å²) in [5, 5.41) is 14.7. The lowest BCUT2D eigenvalue weighted by molar-refractivity contribution is -0.903. The van der Waals surface area contributed by atoms with Crippen LogP contribution in [-0.4, -0.2) is 81.1 Å². The van der Waals surface area contributed by atoms with Gasteiger partial charge in [-0.2, -0.15) is 0 Å². The molecule has 0 radical (unpaired) electrons. The summed E-state index contributed by atoms with van der Waals surface area (Å²) in [7, 11) is 8.84. The van der Waals surface area contributed by atoms with Gasteiger partial charge in [0.1, 0.15) is 13.1 Å². The molecule has 42 heavy (non-hydrogen) atoms. The lowest BCUT2D eigenvalue weighted by atomic mass is 10.2. The molecule has 0 saturated carbocycles. The molecule has 8 nitrogen and oxygen atoms in total. The second kappa shape index (κ2) is 22.9. The number of rotatable bonds is 15. The first-order chi connectivity index (χ1) is 19.3. The van der Waals surface area contributed by atoms with E-state index in [0.29, 0.717) is 13.1 Å². The average molecular weight is 601 g/mol. The maximum absolute atomic E-state index is 11.0. The third kappa shape index (κ3) is 23.0. The Labute approximate surface area is 259 Å². The van der Waals surface area contributed by atoms with Crippen LogP contribution >= 0.6 is 0 Å². The number of carbonyl (C=O) groups excluding carboxylic acids is 3. The van der Waals surface area contributed by atoms with Crippen LogP contribution in [0.3, 0.4) is 0 Å². The summed E-state index contributed by atoms with van der Waals surface area (Å²) in [4.78, 5) is 31.1. The molecule has 2 rings (SSSR count). The lowest BCUT2D eigenvalue weighted by Crippen LogP contribution is -3.00. The average Bonchev–Trinajstić information content (AvgIpc) is 2.94. The van der Waals surface area contributed by atoms with Gasteiger partial charge in [0.15, 0.2) is 0 Å². The smallest absolute Gasteiger partial charge is 0.243 e. The van der Waals surface area contributed by atoms with Crippen molar-refractivity contribution < 1.29 is 40.9 Å². The molecule has 0 fully saturated rings. The van der Waals surface area contributed by atoms with Gasteiger partial charge in [-0.1, -0.05) is 80.4 Å². The number of carboxylic acids is 1. The van der Waals surface area contributed by atoms with Gasteiger partial charge in [-0.15, -0.1) is 0 Å². The summed E-state index contributed by atoms with van der Waals surface area (Å²) in [6, 6.07) is 21.0. The van der Waals surface area contributed by atoms with E-state index in [-0.39, 0.29) is 24.2 Å². The van der Waals surface area contributed by atoms with Crippen molar-refractivity contribution >= 4 is 17.8 Å². The van der Waals surface area contributed by atoms with Gasteiger partial charge in [0.05, 0.1) is 47.2 Å². The third-order valence-electron chi connectivity index (χ3n) is 5.92. The first-order valence-electron chi connectivity index (χ1n) is 13.7. The zero-order valence-corrected chi connectivity index (χ0v) is 26.4. The number of hydrogen-bond acceptors (Lipinski definition) is 4. The third-order valence-corrected chi connectivity index (χ3v) is 5.92. The standard InChI is InChI=1S/2C15H22N2O.C3H4O2.ClH/c2*1-4-15(18)16-11-8-12-17(2,3)13-14-9-6-5-7-10-14;1-2-3(4)5;/h2*4-7,9-10H,1,8,11-13H2,2-3H3;2H,1H2,(H,4,5);1H. The summed E-state index contributed by atoms with van der Waals surface area (Å²) in [5.41, 5.74) is 2.69. The first kappa shape index (κ1) is 40.4. The Morgan fingerprint density at radius 2 is 0.976 bits per heavy atom. The van der Waals surface area contributed by atoms with Gasteiger partial charge < -0.3 is 41.9 Å². The Morgan fingerprint density at radius 1 is 0.667 bits per heavy atom. The van der Waals surface area contributed by atoms with Crippen LogP contribution in [0.5, 0.6) is 0 Å². The summed E-state index contributed by atoms with van der Waals surface area (Å²) < 4.78 is 1.85. The molecule has 2 aromatic carbocycles. The number of hydrogen-bond donors (Lipinski definition) is 2. The SMILES string of the molecule is C=CC(=O)NCCC[N+](C)(C)Cc1ccccc1.C=CC(=O)NCCC[N+](C)(C)Cc1ccccc1.C=CC(=O)[O-].[Cl-]. The number of halogens is 1. The van der Waals surface area contributed by atoms with E-state index in [4.69, 9.17) is 9.90 Å². The van der Waals surface area contributed by atoms with Crippen LogP contribution in [0.25, 0.3) is 0 Å². The van der Waals surface area contributed by atoms with E-state index in [1.54, 1.807) is 0 Å². The summed E-state index contributed by atoms with van der Waals surface area (Å²) >= 11 is 0. The number of carboxylic acid groups (broad SMARTS) is 1. The number of benzene rings is 2. The van der Waals surface area contributed by atoms with Gasteiger partial charge in [0, 0.05) is 37.1 Å². The van der Waals surface area contributed by atoms with Crippen LogP contribution in [0.4, 0.5) is 0 Å². The van der Waals surface area contributed by atoms with Gasteiger partial charge in [-0.3, -0.25) is 9.59 Å². The minimum atomic E-state index is -1.23. The zero-order valence-electron chi connectivity index (χ0n) is 25.7. The summed E-state index contributed by atoms with van der Waals surface area (Å²) in [6.45, 7) is 15.3. The normalized spacial score (nSPS) is 10.2. The highest BCUT2D eigenvalue weighted by atomic mass is 35.5. The maximum atomic E-state index is 11.0. The molecule has 2 aromatic rings. The van der Waals surface area contributed by atoms with Gasteiger partial charge in [-0.05, 0) is 18.2 Å². The van der Waals surface area contributed by atoms with E-state index in [1.165, 1.54) is 23.3 Å². The van der Waals surface area contributed by atoms with Gasteiger partial charge in [-0.25, -0.2) is 0 Å². The van der Waals surface area contributed by atoms with E-state index in [2.05, 4.69) is 107 Å². The fourth-order valence-electron chi connectivity index (χ4n) is 3.90. The van der Waals surface area contributed by atoms with Crippen LogP contribution < -0.4 is 28.1 Å². The Bertz CT molecular complexity index is 996. The molecule has 0 bridgehead atoms. The number of aliphatic carboxylic acids is 1. The predicted octanol–water partition coefficient (Wildman–Crippen LogP) is -0.163. The van der Waals surface area contributed by atoms with Gasteiger partial charge >= 0.3 is 0 Å². The molecular weight excluding hydrogens is 552 g/mol. The van der Waals surface area contributed by atoms with Crippen molar-refractivity contribution in [3.63, 3.8) is 0 Å². The summed E-state index contributed by atoms with van der Waals surface area (Å²) in [5.74, 6) is -1.42. The minimum absolute atomic E-state index is 0. The molecule has 2 amide bonds. The van der Waals surface area contributed by atoms with E-state index in [1.807, 2.05) is 12.1 Å². The first-order valence-corrected chi connectivity index (χ1v) is 13.7. The second-order valence-electron chi connectivity index (χ2n) is 10.8. The van der Waals surface area contributed by atoms with Gasteiger partial charge in [0.25, 0.3) is 0 Å². The second-order valence-corrected chi connectivity index (χ2v) is 10.8. The molecule has 0 heterocycles. The van der Waals surface area contributed by atoms with Crippen molar-refractivity contribution in [2.24, 2.45) is 0 Å². The summed E-state index contributed by atoms with van der Waals surface area (Å²) in [6.07, 6.45) is 5.28. The van der Waals surface area contributed by atoms with Crippen molar-refractivity contribution in [2.45, 2.75) is 25.9 Å². The van der Waals surface area contributed by atoms with Crippen LogP contribution in [0.1, 0.15) is 24.0 Å². The Kier molecular flexibility index (Phi) is 22.0. The topological polar surface area (TPSA) is 98.3 Å². The molecule has 0 atom stereocenters. The van der Waals surface area contributed by atoms with Crippen molar-refractivity contribution in [1.29, 1.82) is 0 Å². The van der Waals surface area contributed by atoms with Crippen molar-refractivity contribution in [2.75, 3.05) is 54.4 Å². The van der Waals surface area contributed by atoms with Crippen molar-refractivity contribution in [1.82, 2.24) is 10.6 Å². The number of amides is 2. The number of nitrogens with zero attached hydrogens (tertiary/aromatic N) is 2. The molecule has 0 saturated heterocycles. The molecule has 9 heteroatoms. The molecule has 0 aliphatic carbocycles. The number of quaternary nitrogens is 2. The van der Waals surface area contributed by atoms with Crippen LogP contribution in [0.2, 0.25) is 0 Å². The predicted molar refractivity (Wildman–Crippen MR) is 165 cm³/mol. The van der Waals surface area contributed by atoms with Crippen LogP contribution in [0.15, 0.2) is 98.6 Å². The largest absolute Gasteiger partial charge is 1.00 e. The van der Waals surface area contributed by atoms with Crippen molar-refractivity contribution in [3.05, 3.63) is 110 Å². The highest BCUT2D eigenvalue weighted by Crippen LogP contribution is 2.10. The molecule has 2 N–H and O–H groups in total. The van der Waals surface area contributed by atoms with Crippen LogP contribution in [-0.2, 0) is 27.5 Å². The minimum Gasteiger partial charge on any atom is -1.00 e. The van der Waals surface area contributed by atoms with E-state index in [9.17, 15) is 9.59 Å². The molecule has 232 valence electrons. The molecule has 0 spiro atoms. The zero-order chi connectivity index (χ0) is 31.2. The molecule has 0 aliphatic heterocycles. The molecule has 0 aliphatic rings. The van der Waals surface area contributed by atoms with Gasteiger partial charge in [0.2, 0.25) is 11.8 Å². The van der Waals surface area contributed by atoms with Crippen LogP contribution in [0, 0.1) is 0 Å². The van der Waals surface area contributed by atoms with E-state index >= 15 is 0 Å². The van der Waals surface area contributed by atoms with E-state index < -0.39 is 5.97 Å². The fraction of sp³-hybridized carbons (Fsp3) is 0.364. The number of nitrogens with one attached hydrogen (secondary N) is 2. The Morgan fingerprint density at radius 3 is 1.24 bits per heavy atom. The molecular formula is C33H49ClN4O4. The highest BCUT2D eigenvalue weighted by molar-refractivity contribution is 5.87.